The van der Waals surface area contributed by atoms with Gasteiger partial charge in [-0.25, -0.2) is 8.78 Å². The number of anilines is 1. The number of carbonyl (C=O) groups is 2. The van der Waals surface area contributed by atoms with Gasteiger partial charge in [0.15, 0.2) is 5.78 Å². The molecule has 0 saturated carbocycles. The highest BCUT2D eigenvalue weighted by Gasteiger charge is 2.78. The molecule has 0 unspecified atom stereocenters. The second kappa shape index (κ2) is 10.6. The summed E-state index contributed by atoms with van der Waals surface area (Å²) in [6.07, 6.45) is 3.58. The van der Waals surface area contributed by atoms with Crippen molar-refractivity contribution in [1.29, 1.82) is 0 Å². The van der Waals surface area contributed by atoms with Gasteiger partial charge in [-0.1, -0.05) is 72.8 Å². The van der Waals surface area contributed by atoms with E-state index in [0.29, 0.717) is 31.8 Å². The molecule has 0 aromatic heterocycles. The molecule has 0 aliphatic carbocycles. The van der Waals surface area contributed by atoms with Crippen molar-refractivity contribution >= 4 is 23.5 Å². The zero-order chi connectivity index (χ0) is 30.8. The van der Waals surface area contributed by atoms with E-state index in [1.807, 2.05) is 48.5 Å². The number of Topliss-reactive ketones (excluding diaryl/α,β-unsaturated/α-hetero) is 1. The molecule has 4 heterocycles. The molecule has 8 rings (SSSR count). The third-order valence-corrected chi connectivity index (χ3v) is 10.4. The van der Waals surface area contributed by atoms with Crippen LogP contribution >= 0.6 is 0 Å². The fourth-order valence-electron chi connectivity index (χ4n) is 8.94. The van der Waals surface area contributed by atoms with E-state index in [2.05, 4.69) is 27.2 Å². The third kappa shape index (κ3) is 4.10. The number of nitrogens with zero attached hydrogens (tertiary/aromatic N) is 2. The molecule has 4 aliphatic heterocycles. The molecule has 5 nitrogen and oxygen atoms in total. The number of piperidine rings is 1. The molecular weight excluding hydrogens is 568 g/mol. The van der Waals surface area contributed by atoms with Gasteiger partial charge in [0.1, 0.15) is 17.2 Å². The van der Waals surface area contributed by atoms with Crippen molar-refractivity contribution in [2.45, 2.75) is 36.9 Å². The van der Waals surface area contributed by atoms with Gasteiger partial charge in [-0.05, 0) is 72.5 Å². The van der Waals surface area contributed by atoms with Crippen molar-refractivity contribution in [3.8, 4) is 0 Å². The minimum Gasteiger partial charge on any atom is -0.324 e. The lowest BCUT2D eigenvalue weighted by Crippen LogP contribution is -2.66. The van der Waals surface area contributed by atoms with Gasteiger partial charge in [0.2, 0.25) is 0 Å². The highest BCUT2D eigenvalue weighted by Crippen LogP contribution is 2.68. The maximum absolute atomic E-state index is 15.6. The van der Waals surface area contributed by atoms with E-state index in [-0.39, 0.29) is 35.3 Å². The predicted molar refractivity (Wildman–Crippen MR) is 169 cm³/mol. The van der Waals surface area contributed by atoms with Crippen LogP contribution in [-0.2, 0) is 21.7 Å². The summed E-state index contributed by atoms with van der Waals surface area (Å²) in [4.78, 5) is 34.9. The van der Waals surface area contributed by atoms with E-state index in [9.17, 15) is 13.6 Å². The summed E-state index contributed by atoms with van der Waals surface area (Å²) in [5, 5.41) is 3.18. The van der Waals surface area contributed by atoms with Crippen LogP contribution in [0.15, 0.2) is 109 Å². The van der Waals surface area contributed by atoms with Crippen molar-refractivity contribution in [2.24, 2.45) is 5.41 Å². The summed E-state index contributed by atoms with van der Waals surface area (Å²) in [5.41, 5.74) is 2.31. The normalized spacial score (nSPS) is 28.6. The number of nitrogens with one attached hydrogen (secondary N) is 1. The maximum Gasteiger partial charge on any atom is 0.250 e. The zero-order valence-corrected chi connectivity index (χ0v) is 24.8. The van der Waals surface area contributed by atoms with Crippen LogP contribution in [-0.4, -0.2) is 47.2 Å². The van der Waals surface area contributed by atoms with E-state index in [4.69, 9.17) is 0 Å². The van der Waals surface area contributed by atoms with E-state index >= 15 is 4.79 Å². The monoisotopic (exact) mass is 601 g/mol. The minimum atomic E-state index is -1.27. The van der Waals surface area contributed by atoms with Crippen LogP contribution in [0.4, 0.5) is 14.5 Å². The van der Waals surface area contributed by atoms with Crippen LogP contribution < -0.4 is 5.32 Å². The fraction of sp³-hybridized carbons (Fsp3) is 0.263. The molecule has 4 aromatic carbocycles. The topological polar surface area (TPSA) is 52.7 Å². The van der Waals surface area contributed by atoms with Gasteiger partial charge in [-0.3, -0.25) is 19.4 Å². The maximum atomic E-state index is 15.6. The van der Waals surface area contributed by atoms with Crippen LogP contribution in [0.5, 0.6) is 0 Å². The smallest absolute Gasteiger partial charge is 0.250 e. The Labute approximate surface area is 261 Å². The lowest BCUT2D eigenvalue weighted by Gasteiger charge is -2.52. The summed E-state index contributed by atoms with van der Waals surface area (Å²) in [7, 11) is 0. The fourth-order valence-corrected chi connectivity index (χ4v) is 8.94. The van der Waals surface area contributed by atoms with Gasteiger partial charge in [0.05, 0.1) is 5.41 Å². The molecule has 1 N–H and O–H groups in total. The van der Waals surface area contributed by atoms with Crippen molar-refractivity contribution < 1.29 is 18.4 Å². The number of rotatable bonds is 4. The van der Waals surface area contributed by atoms with Crippen LogP contribution in [0.25, 0.3) is 6.08 Å². The molecule has 4 aliphatic rings. The van der Waals surface area contributed by atoms with E-state index < -0.39 is 11.0 Å². The second-order valence-corrected chi connectivity index (χ2v) is 12.8. The second-order valence-electron chi connectivity index (χ2n) is 12.8. The molecule has 0 bridgehead atoms. The number of carbonyl (C=O) groups excluding carboxylic acids is 2. The Balaban J connectivity index is 1.41. The molecule has 226 valence electrons. The number of halogens is 2. The standard InChI is InChI=1S/C38H33F2N3O2/c39-29-16-12-25(13-17-29)21-28-23-42(22-26-7-2-1-3-8-26)24-37(35(28)44)34(27-14-18-30(40)19-15-27)33-11-6-20-43(33)38(37)31-9-4-5-10-32(31)41-36(38)45/h1-5,7-10,12-19,21,33-34H,6,11,20,22-24H2,(H,41,45)/b28-21+/t33-,34-,37-,38-/m1/s1. The van der Waals surface area contributed by atoms with Crippen molar-refractivity contribution in [1.82, 2.24) is 9.80 Å². The van der Waals surface area contributed by atoms with Gasteiger partial charge in [0, 0.05) is 48.4 Å². The Kier molecular flexibility index (Phi) is 6.59. The number of amides is 1. The summed E-state index contributed by atoms with van der Waals surface area (Å²) < 4.78 is 28.3. The first-order valence-electron chi connectivity index (χ1n) is 15.6. The van der Waals surface area contributed by atoms with Crippen LogP contribution in [0.3, 0.4) is 0 Å². The van der Waals surface area contributed by atoms with Crippen molar-refractivity contribution in [3.05, 3.63) is 143 Å². The average Bonchev–Trinajstić information content (AvgIpc) is 3.70. The van der Waals surface area contributed by atoms with Gasteiger partial charge < -0.3 is 5.32 Å². The summed E-state index contributed by atoms with van der Waals surface area (Å²) in [5.74, 6) is -1.33. The number of hydrogen-bond acceptors (Lipinski definition) is 4. The van der Waals surface area contributed by atoms with Crippen molar-refractivity contribution in [3.63, 3.8) is 0 Å². The zero-order valence-electron chi connectivity index (χ0n) is 24.8. The molecule has 3 saturated heterocycles. The number of benzene rings is 4. The first kappa shape index (κ1) is 28.0. The predicted octanol–water partition coefficient (Wildman–Crippen LogP) is 6.53. The Morgan fingerprint density at radius 1 is 0.844 bits per heavy atom. The number of hydrogen-bond donors (Lipinski definition) is 1. The molecule has 2 spiro atoms. The third-order valence-electron chi connectivity index (χ3n) is 10.4. The number of likely N-dealkylation sites (tertiary alicyclic amines) is 1. The Morgan fingerprint density at radius 2 is 1.53 bits per heavy atom. The average molecular weight is 602 g/mol. The number of ketones is 1. The molecule has 45 heavy (non-hydrogen) atoms. The van der Waals surface area contributed by atoms with Crippen LogP contribution in [0.1, 0.15) is 41.0 Å². The number of para-hydroxylation sites is 1. The molecule has 7 heteroatoms. The quantitative estimate of drug-likeness (QED) is 0.271. The molecule has 4 atom stereocenters. The Bertz CT molecular complexity index is 1820. The first-order chi connectivity index (χ1) is 21.9. The van der Waals surface area contributed by atoms with Crippen molar-refractivity contribution in [2.75, 3.05) is 25.0 Å². The van der Waals surface area contributed by atoms with E-state index in [0.717, 1.165) is 40.8 Å². The molecule has 1 amide bonds. The summed E-state index contributed by atoms with van der Waals surface area (Å²) >= 11 is 0. The molecule has 4 aromatic rings. The van der Waals surface area contributed by atoms with Crippen LogP contribution in [0.2, 0.25) is 0 Å². The lowest BCUT2D eigenvalue weighted by atomic mass is 9.55. The Hall–Kier alpha value is -4.46. The first-order valence-corrected chi connectivity index (χ1v) is 15.6. The lowest BCUT2D eigenvalue weighted by molar-refractivity contribution is -0.147. The number of fused-ring (bicyclic) bond motifs is 5. The van der Waals surface area contributed by atoms with E-state index in [1.165, 1.54) is 24.3 Å². The van der Waals surface area contributed by atoms with Gasteiger partial charge in [0.25, 0.3) is 5.91 Å². The SMILES string of the molecule is O=C1/C(=C/c2ccc(F)cc2)CN(Cc2ccccc2)C[C@@]12[C@H](c1ccc(F)cc1)[C@H]1CCCN1[C@]21C(=O)Nc2ccccc21. The highest BCUT2D eigenvalue weighted by molar-refractivity contribution is 6.16. The highest BCUT2D eigenvalue weighted by atomic mass is 19.1. The largest absolute Gasteiger partial charge is 0.324 e. The summed E-state index contributed by atoms with van der Waals surface area (Å²) in [6, 6.07) is 30.4. The van der Waals surface area contributed by atoms with E-state index in [1.54, 1.807) is 24.3 Å². The molecular formula is C38H33F2N3O2. The molecule has 3 fully saturated rings. The van der Waals surface area contributed by atoms with Gasteiger partial charge in [-0.15, -0.1) is 0 Å². The molecule has 0 radical (unpaired) electrons. The van der Waals surface area contributed by atoms with Gasteiger partial charge >= 0.3 is 0 Å². The van der Waals surface area contributed by atoms with Gasteiger partial charge in [-0.2, -0.15) is 0 Å². The van der Waals surface area contributed by atoms with Crippen LogP contribution in [0, 0.1) is 17.0 Å². The summed E-state index contributed by atoms with van der Waals surface area (Å²) in [6.45, 7) is 1.98. The Morgan fingerprint density at radius 3 is 2.29 bits per heavy atom. The minimum absolute atomic E-state index is 0.0771.